The normalized spacial score (nSPS) is 13.9. The van der Waals surface area contributed by atoms with E-state index in [1.165, 1.54) is 16.4 Å². The molecule has 2 heterocycles. The Morgan fingerprint density at radius 3 is 2.57 bits per heavy atom. The van der Waals surface area contributed by atoms with E-state index in [1.54, 1.807) is 43.5 Å². The van der Waals surface area contributed by atoms with Crippen molar-refractivity contribution in [1.29, 1.82) is 0 Å². The molecule has 3 aromatic carbocycles. The summed E-state index contributed by atoms with van der Waals surface area (Å²) < 4.78 is 35.7. The fourth-order valence-corrected chi connectivity index (χ4v) is 6.22. The highest BCUT2D eigenvalue weighted by Crippen LogP contribution is 2.37. The second kappa shape index (κ2) is 8.74. The predicted molar refractivity (Wildman–Crippen MR) is 135 cm³/mol. The molecule has 0 atom stereocenters. The van der Waals surface area contributed by atoms with Gasteiger partial charge in [-0.25, -0.2) is 17.8 Å². The zero-order chi connectivity index (χ0) is 24.7. The number of aromatic nitrogens is 2. The van der Waals surface area contributed by atoms with Crippen molar-refractivity contribution in [1.82, 2.24) is 9.55 Å². The fraction of sp³-hybridized carbons (Fsp3) is 0.231. The Morgan fingerprint density at radius 1 is 0.971 bits per heavy atom. The maximum atomic E-state index is 13.9. The van der Waals surface area contributed by atoms with Gasteiger partial charge in [0.25, 0.3) is 15.6 Å². The Balaban J connectivity index is 1.66. The monoisotopic (exact) mass is 491 g/mol. The number of nitrogens with one attached hydrogen (secondary N) is 1. The van der Waals surface area contributed by atoms with Crippen molar-refractivity contribution in [3.63, 3.8) is 0 Å². The molecule has 0 unspecified atom stereocenters. The number of aryl methyl sites for hydroxylation is 1. The highest BCUT2D eigenvalue weighted by atomic mass is 32.2. The van der Waals surface area contributed by atoms with E-state index in [0.29, 0.717) is 41.7 Å². The largest absolute Gasteiger partial charge is 0.496 e. The summed E-state index contributed by atoms with van der Waals surface area (Å²) in [5, 5.41) is 0.337. The first kappa shape index (κ1) is 22.9. The number of hydrogen-bond acceptors (Lipinski definition) is 5. The highest BCUT2D eigenvalue weighted by molar-refractivity contribution is 7.92. The van der Waals surface area contributed by atoms with Crippen LogP contribution in [0.25, 0.3) is 16.6 Å². The van der Waals surface area contributed by atoms with E-state index in [4.69, 9.17) is 4.74 Å². The highest BCUT2D eigenvalue weighted by Gasteiger charge is 2.30. The molecule has 4 aromatic rings. The molecule has 0 aliphatic carbocycles. The van der Waals surface area contributed by atoms with Crippen molar-refractivity contribution in [2.75, 3.05) is 18.0 Å². The van der Waals surface area contributed by atoms with Crippen LogP contribution in [0.2, 0.25) is 0 Å². The summed E-state index contributed by atoms with van der Waals surface area (Å²) >= 11 is 0. The van der Waals surface area contributed by atoms with Gasteiger partial charge in [0.05, 0.1) is 34.3 Å². The number of H-pyrrole nitrogens is 1. The van der Waals surface area contributed by atoms with E-state index < -0.39 is 21.3 Å². The van der Waals surface area contributed by atoms with Gasteiger partial charge in [-0.15, -0.1) is 0 Å². The van der Waals surface area contributed by atoms with Crippen LogP contribution in [0, 0.1) is 6.92 Å². The van der Waals surface area contributed by atoms with Crippen LogP contribution >= 0.6 is 0 Å². The molecule has 5 rings (SSSR count). The lowest BCUT2D eigenvalue weighted by Crippen LogP contribution is -2.34. The van der Waals surface area contributed by atoms with Crippen LogP contribution in [0.5, 0.6) is 5.75 Å². The minimum absolute atomic E-state index is 0.00258. The first-order valence-corrected chi connectivity index (χ1v) is 12.8. The summed E-state index contributed by atoms with van der Waals surface area (Å²) in [6.07, 6.45) is 2.24. The van der Waals surface area contributed by atoms with Gasteiger partial charge in [0.2, 0.25) is 0 Å². The first-order chi connectivity index (χ1) is 16.8. The van der Waals surface area contributed by atoms with Gasteiger partial charge >= 0.3 is 5.69 Å². The topological polar surface area (TPSA) is 101 Å². The lowest BCUT2D eigenvalue weighted by molar-refractivity contribution is 0.409. The Bertz CT molecular complexity index is 1670. The molecule has 1 aromatic heterocycles. The summed E-state index contributed by atoms with van der Waals surface area (Å²) in [6.45, 7) is 2.22. The van der Waals surface area contributed by atoms with Crippen LogP contribution in [0.4, 0.5) is 5.69 Å². The number of methoxy groups -OCH3 is 1. The van der Waals surface area contributed by atoms with Crippen molar-refractivity contribution in [2.45, 2.75) is 31.1 Å². The number of rotatable bonds is 4. The van der Waals surface area contributed by atoms with Gasteiger partial charge in [-0.3, -0.25) is 9.10 Å². The van der Waals surface area contributed by atoms with Gasteiger partial charge in [-0.1, -0.05) is 18.2 Å². The standard InChI is InChI=1S/C26H25N3O5S/c1-17-14-23-21(24(15-17)34-2)11-5-6-13-28(23)35(32,33)19-9-7-8-18(16-19)29-25(30)20-10-3-4-12-22(20)27-26(29)31/h3-4,7-10,12,14-16H,5-6,11,13H2,1-2H3,(H,27,31). The molecule has 0 fully saturated rings. The van der Waals surface area contributed by atoms with Gasteiger partial charge in [-0.2, -0.15) is 0 Å². The Morgan fingerprint density at radius 2 is 1.77 bits per heavy atom. The van der Waals surface area contributed by atoms with Crippen LogP contribution in [0.1, 0.15) is 24.0 Å². The van der Waals surface area contributed by atoms with Gasteiger partial charge in [0.1, 0.15) is 5.75 Å². The molecule has 180 valence electrons. The number of aromatic amines is 1. The Labute approximate surface area is 202 Å². The maximum Gasteiger partial charge on any atom is 0.333 e. The van der Waals surface area contributed by atoms with Crippen molar-refractivity contribution in [3.8, 4) is 11.4 Å². The van der Waals surface area contributed by atoms with Crippen molar-refractivity contribution < 1.29 is 13.2 Å². The van der Waals surface area contributed by atoms with Gasteiger partial charge in [0, 0.05) is 12.1 Å². The summed E-state index contributed by atoms with van der Waals surface area (Å²) in [4.78, 5) is 28.6. The smallest absolute Gasteiger partial charge is 0.333 e. The predicted octanol–water partition coefficient (Wildman–Crippen LogP) is 3.53. The molecule has 8 nitrogen and oxygen atoms in total. The maximum absolute atomic E-state index is 13.9. The van der Waals surface area contributed by atoms with E-state index >= 15 is 0 Å². The minimum atomic E-state index is -3.99. The summed E-state index contributed by atoms with van der Waals surface area (Å²) in [5.41, 5.74) is 1.81. The van der Waals surface area contributed by atoms with E-state index in [2.05, 4.69) is 4.98 Å². The van der Waals surface area contributed by atoms with E-state index in [-0.39, 0.29) is 10.6 Å². The lowest BCUT2D eigenvalue weighted by atomic mass is 10.0. The number of anilines is 1. The summed E-state index contributed by atoms with van der Waals surface area (Å²) in [5.74, 6) is 0.671. The third kappa shape index (κ3) is 3.91. The number of fused-ring (bicyclic) bond motifs is 2. The SMILES string of the molecule is COc1cc(C)cc2c1CCCCN2S(=O)(=O)c1cccc(-n2c(=O)[nH]c3ccccc3c2=O)c1. The van der Waals surface area contributed by atoms with Crippen LogP contribution < -0.4 is 20.3 Å². The molecule has 35 heavy (non-hydrogen) atoms. The van der Waals surface area contributed by atoms with Crippen molar-refractivity contribution in [2.24, 2.45) is 0 Å². The van der Waals surface area contributed by atoms with E-state index in [1.807, 2.05) is 19.1 Å². The average Bonchev–Trinajstić information content (AvgIpc) is 3.06. The Hall–Kier alpha value is -3.85. The van der Waals surface area contributed by atoms with Crippen LogP contribution in [-0.2, 0) is 16.4 Å². The van der Waals surface area contributed by atoms with Crippen LogP contribution in [0.3, 0.4) is 0 Å². The molecule has 1 N–H and O–H groups in total. The summed E-state index contributed by atoms with van der Waals surface area (Å²) in [7, 11) is -2.40. The van der Waals surface area contributed by atoms with E-state index in [9.17, 15) is 18.0 Å². The molecule has 1 aliphatic heterocycles. The summed E-state index contributed by atoms with van der Waals surface area (Å²) in [6, 6.07) is 16.4. The van der Waals surface area contributed by atoms with E-state index in [0.717, 1.165) is 22.1 Å². The minimum Gasteiger partial charge on any atom is -0.496 e. The number of sulfonamides is 1. The molecule has 1 aliphatic rings. The molecular formula is C26H25N3O5S. The molecule has 0 saturated carbocycles. The Kier molecular flexibility index (Phi) is 5.72. The molecule has 0 radical (unpaired) electrons. The van der Waals surface area contributed by atoms with Gasteiger partial charge < -0.3 is 9.72 Å². The lowest BCUT2D eigenvalue weighted by Gasteiger charge is -2.26. The fourth-order valence-electron chi connectivity index (χ4n) is 4.65. The number of para-hydroxylation sites is 1. The third-order valence-electron chi connectivity index (χ3n) is 6.33. The number of benzene rings is 3. The van der Waals surface area contributed by atoms with Gasteiger partial charge in [0.15, 0.2) is 0 Å². The average molecular weight is 492 g/mol. The number of nitrogens with zero attached hydrogens (tertiary/aromatic N) is 2. The van der Waals surface area contributed by atoms with Crippen LogP contribution in [-0.4, -0.2) is 31.6 Å². The third-order valence-corrected chi connectivity index (χ3v) is 8.13. The molecule has 0 amide bonds. The van der Waals surface area contributed by atoms with Gasteiger partial charge in [-0.05, 0) is 74.2 Å². The number of ether oxygens (including phenoxy) is 1. The van der Waals surface area contributed by atoms with Crippen molar-refractivity contribution in [3.05, 3.63) is 92.6 Å². The second-order valence-corrected chi connectivity index (χ2v) is 10.5. The molecule has 0 saturated heterocycles. The quantitative estimate of drug-likeness (QED) is 0.471. The molecule has 0 bridgehead atoms. The number of hydrogen-bond donors (Lipinski definition) is 1. The van der Waals surface area contributed by atoms with Crippen LogP contribution in [0.15, 0.2) is 75.1 Å². The second-order valence-electron chi connectivity index (χ2n) is 8.61. The zero-order valence-electron chi connectivity index (χ0n) is 19.4. The zero-order valence-corrected chi connectivity index (χ0v) is 20.3. The van der Waals surface area contributed by atoms with Crippen molar-refractivity contribution >= 4 is 26.6 Å². The molecule has 0 spiro atoms. The molecule has 9 heteroatoms. The molecular weight excluding hydrogens is 466 g/mol. The first-order valence-electron chi connectivity index (χ1n) is 11.4.